The third kappa shape index (κ3) is 18.3. The standard InChI is InChI=1S/C21H26BrN6O18P3.C21H27N6O18P3/c22-21-26-11-16(23)24-7-25-17(11)28(21)18-14(31)12(29)9(43-18)5-41-48(37,38)46-49(39,40)42-6-10-13(30)15(45-47(34,35)36)19(44-10)27-3-1-2-8(4-27)20(32)33;22-17-12-18(24-7-23-17)27(8-25-12)19-15(30)13(28)10(42-19)5-40-47(36,37)45-48(38,39)41-6-11-14(29)16(44-46(33,34)35)20(43-11)26-3-1-2-9(4-26)21(31)32/h1-4,7,9-10,12-15,18-19,29-31H,5-6H2,(H6-,23,24,25,32,33,34,35,36,37,38,39,40);1-4,7-8,10-11,13-16,19-20,28-30H,5-6H2,(H6-,22,23,24,31,32,33,34,35,36,37,38,39)/p-6/t9-,10-,12+,13+,14?,15?,18?,19?;10-,11-,13+,14+,15?,16?,19?,20?/m11/s1. The van der Waals surface area contributed by atoms with Gasteiger partial charge in [-0.2, -0.15) is 9.13 Å². The monoisotopic (exact) mass is 1560 g/mol. The summed E-state index contributed by atoms with van der Waals surface area (Å²) in [5.74, 6) is -2.84. The van der Waals surface area contributed by atoms with Gasteiger partial charge in [-0.05, 0) is 28.1 Å². The smallest absolute Gasteiger partial charge is 0.341 e. The van der Waals surface area contributed by atoms with Crippen LogP contribution in [-0.2, 0) is 82.1 Å². The summed E-state index contributed by atoms with van der Waals surface area (Å²) in [6.07, 6.45) is -20.7. The van der Waals surface area contributed by atoms with E-state index in [4.69, 9.17) is 30.4 Å². The van der Waals surface area contributed by atoms with Gasteiger partial charge in [-0.25, -0.2) is 48.1 Å². The zero-order valence-corrected chi connectivity index (χ0v) is 54.6. The molecular formula is C42H47BrN12O36P6-6. The number of carboxylic acids is 2. The molecule has 4 saturated heterocycles. The Balaban J connectivity index is 0.000000227. The fraction of sp³-hybridized carbons (Fsp3) is 0.476. The molecule has 0 saturated carbocycles. The molecule has 6 aromatic rings. The van der Waals surface area contributed by atoms with Gasteiger partial charge in [-0.15, -0.1) is 0 Å². The van der Waals surface area contributed by atoms with E-state index in [2.05, 4.69) is 81.6 Å². The summed E-state index contributed by atoms with van der Waals surface area (Å²) in [4.78, 5) is 141. The van der Waals surface area contributed by atoms with Gasteiger partial charge in [0.05, 0.1) is 48.4 Å². The lowest BCUT2D eigenvalue weighted by Gasteiger charge is -2.33. The first-order chi connectivity index (χ1) is 45.1. The Kier molecular flexibility index (Phi) is 23.3. The largest absolute Gasteiger partial charge is 0.790 e. The highest BCUT2D eigenvalue weighted by Crippen LogP contribution is 2.58. The van der Waals surface area contributed by atoms with Crippen LogP contribution in [-0.4, -0.2) is 192 Å². The molecule has 48 nitrogen and oxygen atoms in total. The summed E-state index contributed by atoms with van der Waals surface area (Å²) < 4.78 is 133. The number of ether oxygens (including phenoxy) is 4. The molecule has 0 bridgehead atoms. The van der Waals surface area contributed by atoms with Gasteiger partial charge in [0.25, 0.3) is 43.7 Å². The van der Waals surface area contributed by atoms with Gasteiger partial charge in [0.15, 0.2) is 82.6 Å². The fourth-order valence-electron chi connectivity index (χ4n) is 9.63. The Morgan fingerprint density at radius 3 is 1.33 bits per heavy atom. The number of carboxylic acid groups (broad SMARTS) is 2. The third-order valence-electron chi connectivity index (χ3n) is 13.9. The highest BCUT2D eigenvalue weighted by atomic mass is 79.9. The van der Waals surface area contributed by atoms with E-state index in [1.807, 2.05) is 0 Å². The molecule has 0 radical (unpaired) electrons. The lowest BCUT2D eigenvalue weighted by atomic mass is 10.1. The average Bonchev–Trinajstić information content (AvgIpc) is 1.62. The van der Waals surface area contributed by atoms with Crippen molar-refractivity contribution < 1.29 is 181 Å². The quantitative estimate of drug-likeness (QED) is 0.0137. The minimum atomic E-state index is -5.89. The van der Waals surface area contributed by atoms with Crippen molar-refractivity contribution in [3.63, 3.8) is 0 Å². The number of halogens is 1. The van der Waals surface area contributed by atoms with E-state index in [0.29, 0.717) is 0 Å². The summed E-state index contributed by atoms with van der Waals surface area (Å²) in [5, 5.41) is 81.5. The summed E-state index contributed by atoms with van der Waals surface area (Å²) in [7, 11) is -35.0. The van der Waals surface area contributed by atoms with E-state index in [0.717, 1.165) is 58.7 Å². The van der Waals surface area contributed by atoms with E-state index < -0.39 is 183 Å². The van der Waals surface area contributed by atoms with Crippen LogP contribution in [0.1, 0.15) is 45.6 Å². The number of imidazole rings is 2. The lowest BCUT2D eigenvalue weighted by Crippen LogP contribution is -2.48. The van der Waals surface area contributed by atoms with Crippen molar-refractivity contribution in [1.29, 1.82) is 0 Å². The van der Waals surface area contributed by atoms with E-state index in [-0.39, 0.29) is 49.8 Å². The second-order valence-electron chi connectivity index (χ2n) is 20.3. The number of anilines is 2. The first kappa shape index (κ1) is 76.0. The van der Waals surface area contributed by atoms with Crippen molar-refractivity contribution in [3.05, 3.63) is 83.9 Å². The van der Waals surface area contributed by atoms with Gasteiger partial charge >= 0.3 is 11.9 Å². The van der Waals surface area contributed by atoms with Crippen LogP contribution in [0.3, 0.4) is 0 Å². The van der Waals surface area contributed by atoms with Gasteiger partial charge in [0.1, 0.15) is 90.3 Å². The predicted molar refractivity (Wildman–Crippen MR) is 287 cm³/mol. The first-order valence-electron chi connectivity index (χ1n) is 26.5. The van der Waals surface area contributed by atoms with Crippen LogP contribution in [0.2, 0.25) is 0 Å². The van der Waals surface area contributed by atoms with Crippen molar-refractivity contribution in [2.24, 2.45) is 0 Å². The van der Waals surface area contributed by atoms with Gasteiger partial charge in [0.2, 0.25) is 0 Å². The molecular weight excluding hydrogens is 1510 g/mol. The maximum absolute atomic E-state index is 12.4. The van der Waals surface area contributed by atoms with Crippen LogP contribution in [0.15, 0.2) is 72.8 Å². The maximum atomic E-state index is 12.4. The van der Waals surface area contributed by atoms with Gasteiger partial charge < -0.3 is 147 Å². The number of aromatic nitrogens is 10. The molecule has 10 rings (SSSR count). The van der Waals surface area contributed by atoms with Crippen molar-refractivity contribution in [2.75, 3.05) is 37.9 Å². The molecule has 12 N–H and O–H groups in total. The Labute approximate surface area is 546 Å². The van der Waals surface area contributed by atoms with Gasteiger partial charge in [-0.3, -0.25) is 27.4 Å². The zero-order chi connectivity index (χ0) is 71.2. The van der Waals surface area contributed by atoms with Crippen molar-refractivity contribution in [2.45, 2.75) is 98.2 Å². The Bertz CT molecular complexity index is 4200. The lowest BCUT2D eigenvalue weighted by molar-refractivity contribution is -0.765. The second-order valence-corrected chi connectivity index (χ2v) is 29.2. The summed E-state index contributed by atoms with van der Waals surface area (Å²) in [5.41, 5.74) is 11.3. The number of fused-ring (bicyclic) bond motifs is 2. The number of nitrogens with zero attached hydrogens (tertiary/aromatic N) is 10. The normalized spacial score (nSPS) is 30.1. The number of hydrogen-bond acceptors (Lipinski definition) is 42. The van der Waals surface area contributed by atoms with Gasteiger partial charge in [-0.1, -0.05) is 0 Å². The molecule has 4 fully saturated rings. The number of nitrogens with two attached hydrogens (primary N) is 2. The summed E-state index contributed by atoms with van der Waals surface area (Å²) >= 11 is 3.14. The van der Waals surface area contributed by atoms with Crippen LogP contribution in [0.4, 0.5) is 11.6 Å². The molecule has 534 valence electrons. The number of aromatic carboxylic acids is 2. The predicted octanol–water partition coefficient (Wildman–Crippen LogP) is -8.89. The molecule has 4 aliphatic rings. The number of phosphoric acid groups is 6. The number of hydrogen-bond donors (Lipinski definition) is 10. The number of carbonyl (C=O) groups is 2. The molecule has 0 aromatic carbocycles. The number of nitrogen functional groups attached to an aromatic ring is 2. The highest BCUT2D eigenvalue weighted by Gasteiger charge is 2.54. The Morgan fingerprint density at radius 1 is 0.536 bits per heavy atom. The molecule has 12 unspecified atom stereocenters. The number of aliphatic hydroxyl groups is 6. The van der Waals surface area contributed by atoms with E-state index in [1.54, 1.807) is 0 Å². The minimum Gasteiger partial charge on any atom is -0.790 e. The molecule has 6 aromatic heterocycles. The third-order valence-corrected chi connectivity index (χ3v) is 20.5. The summed E-state index contributed by atoms with van der Waals surface area (Å²) in [6, 6.07) is 4.68. The van der Waals surface area contributed by atoms with Crippen LogP contribution in [0.25, 0.3) is 22.3 Å². The average molecular weight is 1560 g/mol. The summed E-state index contributed by atoms with van der Waals surface area (Å²) in [6.45, 7) is -4.62. The van der Waals surface area contributed by atoms with E-state index >= 15 is 0 Å². The number of phosphoric ester groups is 6. The van der Waals surface area contributed by atoms with E-state index in [9.17, 15) is 117 Å². The minimum absolute atomic E-state index is 0.00231. The van der Waals surface area contributed by atoms with Crippen molar-refractivity contribution in [1.82, 2.24) is 39.0 Å². The molecule has 0 aliphatic carbocycles. The topological polar surface area (TPSA) is 741 Å². The number of pyridine rings is 2. The van der Waals surface area contributed by atoms with Gasteiger partial charge in [0, 0.05) is 12.1 Å². The fourth-order valence-corrected chi connectivity index (χ4v) is 15.3. The molecule has 20 atom stereocenters. The molecule has 0 amide bonds. The Hall–Kier alpha value is -5.24. The zero-order valence-electron chi connectivity index (χ0n) is 47.6. The SMILES string of the molecule is Nc1ncnc2c1nc(Br)n2C1O[C@H](COP(=O)([O-])OP(=O)([O-])OC[C@H]2OC([n+]3cccc(C(=O)O)c3)C(OP(=O)([O-])[O-])[C@H]2O)[C@H](O)C1O.Nc1ncnc2c1ncn2C1O[C@H](COP(=O)([O-])OP(=O)([O-])OC[C@H]2OC([n+]3cccc(C(=O)O)c3)C(OP(=O)([O-])[O-])[C@H]2O)[C@H](O)C1O. The first-order valence-corrected chi connectivity index (χ1v) is 36.1. The second kappa shape index (κ2) is 29.8. The van der Waals surface area contributed by atoms with Crippen LogP contribution in [0, 0.1) is 0 Å². The van der Waals surface area contributed by atoms with Crippen molar-refractivity contribution >= 4 is 109 Å². The van der Waals surface area contributed by atoms with E-state index in [1.165, 1.54) is 27.6 Å². The number of rotatable bonds is 26. The molecule has 4 aliphatic heterocycles. The van der Waals surface area contributed by atoms with Crippen LogP contribution in [0.5, 0.6) is 0 Å². The molecule has 97 heavy (non-hydrogen) atoms. The van der Waals surface area contributed by atoms with Crippen LogP contribution < -0.4 is 59.7 Å². The maximum Gasteiger partial charge on any atom is 0.341 e. The molecule has 55 heteroatoms. The molecule has 0 spiro atoms. The highest BCUT2D eigenvalue weighted by molar-refractivity contribution is 9.10. The molecule has 10 heterocycles. The Morgan fingerprint density at radius 2 is 0.918 bits per heavy atom. The number of aliphatic hydroxyl groups excluding tert-OH is 6. The van der Waals surface area contributed by atoms with Crippen molar-refractivity contribution in [3.8, 4) is 0 Å². The van der Waals surface area contributed by atoms with Crippen LogP contribution >= 0.6 is 62.9 Å².